The van der Waals surface area contributed by atoms with E-state index >= 15 is 0 Å². The second kappa shape index (κ2) is 10.5. The lowest BCUT2D eigenvalue weighted by atomic mass is 10.2. The van der Waals surface area contributed by atoms with Gasteiger partial charge in [-0.1, -0.05) is 13.8 Å². The van der Waals surface area contributed by atoms with Crippen molar-refractivity contribution in [2.45, 2.75) is 46.6 Å². The molecule has 20 heavy (non-hydrogen) atoms. The molecule has 6 heteroatoms. The summed E-state index contributed by atoms with van der Waals surface area (Å²) < 4.78 is 0. The number of carbonyl (C=O) groups is 2. The summed E-state index contributed by atoms with van der Waals surface area (Å²) in [6, 6.07) is -0.0465. The zero-order valence-corrected chi connectivity index (χ0v) is 13.2. The first-order chi connectivity index (χ1) is 9.42. The van der Waals surface area contributed by atoms with Crippen molar-refractivity contribution in [1.29, 1.82) is 0 Å². The van der Waals surface area contributed by atoms with Gasteiger partial charge in [0.05, 0.1) is 0 Å². The highest BCUT2D eigenvalue weighted by Crippen LogP contribution is 2.02. The molecule has 2 N–H and O–H groups in total. The smallest absolute Gasteiger partial charge is 0.317 e. The zero-order valence-electron chi connectivity index (χ0n) is 13.2. The Morgan fingerprint density at radius 1 is 1.15 bits per heavy atom. The van der Waals surface area contributed by atoms with Gasteiger partial charge >= 0.3 is 12.0 Å². The lowest BCUT2D eigenvalue weighted by Gasteiger charge is -2.27. The number of aliphatic carboxylic acids is 1. The monoisotopic (exact) mass is 287 g/mol. The first kappa shape index (κ1) is 18.7. The van der Waals surface area contributed by atoms with Gasteiger partial charge in [0.1, 0.15) is 0 Å². The van der Waals surface area contributed by atoms with E-state index in [2.05, 4.69) is 24.1 Å². The normalized spacial score (nSPS) is 10.9. The summed E-state index contributed by atoms with van der Waals surface area (Å²) in [6.07, 6.45) is 0.576. The van der Waals surface area contributed by atoms with Crippen LogP contribution in [-0.2, 0) is 4.79 Å². The zero-order chi connectivity index (χ0) is 15.5. The fraction of sp³-hybridized carbons (Fsp3) is 0.857. The molecule has 0 spiro atoms. The number of amides is 2. The molecule has 0 fully saturated rings. The maximum absolute atomic E-state index is 12.1. The van der Waals surface area contributed by atoms with E-state index in [-0.39, 0.29) is 18.5 Å². The Kier molecular flexibility index (Phi) is 9.80. The SMILES string of the molecule is CCN(CC)CCNC(=O)N(CCCC(=O)O)C(C)C. The topological polar surface area (TPSA) is 72.9 Å². The molecule has 0 aromatic rings. The largest absolute Gasteiger partial charge is 0.481 e. The van der Waals surface area contributed by atoms with E-state index < -0.39 is 5.97 Å². The maximum Gasteiger partial charge on any atom is 0.317 e. The molecule has 0 atom stereocenters. The Balaban J connectivity index is 4.12. The molecule has 0 aliphatic rings. The number of carboxylic acids is 1. The van der Waals surface area contributed by atoms with Gasteiger partial charge in [-0.2, -0.15) is 0 Å². The number of likely N-dealkylation sites (N-methyl/N-ethyl adjacent to an activating group) is 1. The van der Waals surface area contributed by atoms with Crippen LogP contribution in [-0.4, -0.2) is 65.7 Å². The lowest BCUT2D eigenvalue weighted by molar-refractivity contribution is -0.137. The maximum atomic E-state index is 12.1. The van der Waals surface area contributed by atoms with Gasteiger partial charge in [0, 0.05) is 32.1 Å². The minimum Gasteiger partial charge on any atom is -0.481 e. The molecule has 2 amide bonds. The van der Waals surface area contributed by atoms with Gasteiger partial charge in [0.15, 0.2) is 0 Å². The van der Waals surface area contributed by atoms with E-state index in [4.69, 9.17) is 5.11 Å². The van der Waals surface area contributed by atoms with Gasteiger partial charge in [-0.3, -0.25) is 4.79 Å². The molecular formula is C14H29N3O3. The molecule has 0 radical (unpaired) electrons. The van der Waals surface area contributed by atoms with Gasteiger partial charge in [-0.05, 0) is 33.4 Å². The second-order valence-electron chi connectivity index (χ2n) is 5.04. The van der Waals surface area contributed by atoms with Crippen LogP contribution in [0.15, 0.2) is 0 Å². The van der Waals surface area contributed by atoms with Crippen LogP contribution in [0, 0.1) is 0 Å². The standard InChI is InChI=1S/C14H29N3O3/c1-5-16(6-2)11-9-15-14(20)17(12(3)4)10-7-8-13(18)19/h12H,5-11H2,1-4H3,(H,15,20)(H,18,19). The molecule has 0 aliphatic carbocycles. The molecule has 0 bridgehead atoms. The lowest BCUT2D eigenvalue weighted by Crippen LogP contribution is -2.46. The molecule has 0 heterocycles. The Labute approximate surface area is 122 Å². The van der Waals surface area contributed by atoms with Gasteiger partial charge in [-0.15, -0.1) is 0 Å². The van der Waals surface area contributed by atoms with Crippen LogP contribution >= 0.6 is 0 Å². The minimum absolute atomic E-state index is 0.0669. The third kappa shape index (κ3) is 7.99. The van der Waals surface area contributed by atoms with Crippen LogP contribution in [0.2, 0.25) is 0 Å². The van der Waals surface area contributed by atoms with Crippen molar-refractivity contribution in [2.24, 2.45) is 0 Å². The third-order valence-corrected chi connectivity index (χ3v) is 3.27. The van der Waals surface area contributed by atoms with Crippen molar-refractivity contribution < 1.29 is 14.7 Å². The van der Waals surface area contributed by atoms with Crippen LogP contribution in [0.5, 0.6) is 0 Å². The van der Waals surface area contributed by atoms with Crippen LogP contribution in [0.1, 0.15) is 40.5 Å². The summed E-state index contributed by atoms with van der Waals surface area (Å²) in [5.41, 5.74) is 0. The van der Waals surface area contributed by atoms with Crippen LogP contribution in [0.4, 0.5) is 4.79 Å². The Morgan fingerprint density at radius 3 is 2.20 bits per heavy atom. The van der Waals surface area contributed by atoms with Gasteiger partial charge < -0.3 is 20.2 Å². The van der Waals surface area contributed by atoms with E-state index in [1.54, 1.807) is 4.90 Å². The minimum atomic E-state index is -0.823. The Bertz CT molecular complexity index is 291. The summed E-state index contributed by atoms with van der Waals surface area (Å²) >= 11 is 0. The highest BCUT2D eigenvalue weighted by Gasteiger charge is 2.16. The average molecular weight is 287 g/mol. The average Bonchev–Trinajstić information content (AvgIpc) is 2.38. The molecule has 0 aromatic heterocycles. The number of hydrogen-bond acceptors (Lipinski definition) is 3. The van der Waals surface area contributed by atoms with Crippen molar-refractivity contribution in [3.8, 4) is 0 Å². The predicted octanol–water partition coefficient (Wildman–Crippen LogP) is 1.61. The molecule has 6 nitrogen and oxygen atoms in total. The predicted molar refractivity (Wildman–Crippen MR) is 79.9 cm³/mol. The van der Waals surface area contributed by atoms with Gasteiger partial charge in [-0.25, -0.2) is 4.79 Å². The van der Waals surface area contributed by atoms with Crippen LogP contribution < -0.4 is 5.32 Å². The first-order valence-electron chi connectivity index (χ1n) is 7.40. The van der Waals surface area contributed by atoms with E-state index in [1.807, 2.05) is 13.8 Å². The summed E-state index contributed by atoms with van der Waals surface area (Å²) in [7, 11) is 0. The van der Waals surface area contributed by atoms with E-state index in [9.17, 15) is 9.59 Å². The third-order valence-electron chi connectivity index (χ3n) is 3.27. The van der Waals surface area contributed by atoms with E-state index in [1.165, 1.54) is 0 Å². The van der Waals surface area contributed by atoms with Crippen molar-refractivity contribution >= 4 is 12.0 Å². The molecule has 0 saturated carbocycles. The number of rotatable bonds is 10. The quantitative estimate of drug-likeness (QED) is 0.640. The fourth-order valence-electron chi connectivity index (χ4n) is 1.96. The van der Waals surface area contributed by atoms with Crippen LogP contribution in [0.25, 0.3) is 0 Å². The second-order valence-corrected chi connectivity index (χ2v) is 5.04. The summed E-state index contributed by atoms with van der Waals surface area (Å²) in [5, 5.41) is 11.5. The summed E-state index contributed by atoms with van der Waals surface area (Å²) in [6.45, 7) is 11.9. The van der Waals surface area contributed by atoms with Crippen molar-refractivity contribution in [3.63, 3.8) is 0 Å². The molecule has 118 valence electrons. The van der Waals surface area contributed by atoms with Crippen molar-refractivity contribution in [2.75, 3.05) is 32.7 Å². The van der Waals surface area contributed by atoms with Crippen LogP contribution in [0.3, 0.4) is 0 Å². The Morgan fingerprint density at radius 2 is 1.75 bits per heavy atom. The highest BCUT2D eigenvalue weighted by atomic mass is 16.4. The number of carboxylic acid groups (broad SMARTS) is 1. The van der Waals surface area contributed by atoms with Gasteiger partial charge in [0.2, 0.25) is 0 Å². The van der Waals surface area contributed by atoms with Crippen molar-refractivity contribution in [1.82, 2.24) is 15.1 Å². The Hall–Kier alpha value is -1.30. The van der Waals surface area contributed by atoms with Gasteiger partial charge in [0.25, 0.3) is 0 Å². The molecule has 0 aromatic carbocycles. The number of carbonyl (C=O) groups excluding carboxylic acids is 1. The summed E-state index contributed by atoms with van der Waals surface area (Å²) in [5.74, 6) is -0.823. The first-order valence-corrected chi connectivity index (χ1v) is 7.40. The summed E-state index contributed by atoms with van der Waals surface area (Å²) in [4.78, 5) is 26.5. The molecule has 0 unspecified atom stereocenters. The number of hydrogen-bond donors (Lipinski definition) is 2. The molecule has 0 aliphatic heterocycles. The number of urea groups is 1. The molecular weight excluding hydrogens is 258 g/mol. The number of nitrogens with one attached hydrogen (secondary N) is 1. The van der Waals surface area contributed by atoms with Crippen molar-refractivity contribution in [3.05, 3.63) is 0 Å². The highest BCUT2D eigenvalue weighted by molar-refractivity contribution is 5.74. The van der Waals surface area contributed by atoms with E-state index in [0.717, 1.165) is 19.6 Å². The van der Waals surface area contributed by atoms with E-state index in [0.29, 0.717) is 19.5 Å². The number of nitrogens with zero attached hydrogens (tertiary/aromatic N) is 2. The fourth-order valence-corrected chi connectivity index (χ4v) is 1.96. The molecule has 0 rings (SSSR count). The molecule has 0 saturated heterocycles.